The molecule has 232 valence electrons. The number of fused-ring (bicyclic) bond motifs is 3. The summed E-state index contributed by atoms with van der Waals surface area (Å²) in [6.07, 6.45) is 5.64. The minimum absolute atomic E-state index is 0.109. The number of aromatic nitrogens is 4. The average Bonchev–Trinajstić information content (AvgIpc) is 3.74. The van der Waals surface area contributed by atoms with Crippen LogP contribution in [0.4, 0.5) is 13.2 Å². The molecule has 0 saturated carbocycles. The van der Waals surface area contributed by atoms with Crippen molar-refractivity contribution in [3.05, 3.63) is 66.1 Å². The molecule has 12 heteroatoms. The van der Waals surface area contributed by atoms with Crippen LogP contribution in [-0.2, 0) is 6.42 Å². The Morgan fingerprint density at radius 1 is 1.18 bits per heavy atom. The Kier molecular flexibility index (Phi) is 7.20. The van der Waals surface area contributed by atoms with Crippen LogP contribution in [0.5, 0.6) is 11.8 Å². The second kappa shape index (κ2) is 11.1. The van der Waals surface area contributed by atoms with Crippen molar-refractivity contribution < 1.29 is 32.9 Å². The van der Waals surface area contributed by atoms with Crippen molar-refractivity contribution in [3.8, 4) is 34.3 Å². The van der Waals surface area contributed by atoms with Gasteiger partial charge in [-0.15, -0.1) is 0 Å². The number of rotatable bonds is 7. The normalized spacial score (nSPS) is 19.9. The Hall–Kier alpha value is -4.55. The number of halogens is 3. The molecule has 0 bridgehead atoms. The lowest BCUT2D eigenvalue weighted by Gasteiger charge is -2.30. The number of aryl methyl sites for hydroxylation is 1. The van der Waals surface area contributed by atoms with E-state index in [0.717, 1.165) is 19.4 Å². The Morgan fingerprint density at radius 2 is 2.02 bits per heavy atom. The first-order chi connectivity index (χ1) is 21.7. The van der Waals surface area contributed by atoms with Gasteiger partial charge in [0.05, 0.1) is 11.2 Å². The van der Waals surface area contributed by atoms with Gasteiger partial charge >= 0.3 is 6.01 Å². The fraction of sp³-hybridized carbons (Fsp3) is 0.333. The molecule has 5 aromatic rings. The van der Waals surface area contributed by atoms with Gasteiger partial charge in [0.2, 0.25) is 0 Å². The minimum atomic E-state index is -0.966. The van der Waals surface area contributed by atoms with Gasteiger partial charge < -0.3 is 14.9 Å². The molecule has 0 unspecified atom stereocenters. The zero-order valence-corrected chi connectivity index (χ0v) is 24.4. The van der Waals surface area contributed by atoms with Gasteiger partial charge in [-0.2, -0.15) is 9.97 Å². The molecule has 0 radical (unpaired) electrons. The SMILES string of the molecule is CCc1c(F)ccc2cc(O)cc(-c3ncc4c(-c5ccn(C(=O)CO)c5)nc(OC[C@@]56CCCN5C[C@H](F)C6)nc4c3F)c12. The van der Waals surface area contributed by atoms with Crippen molar-refractivity contribution in [3.63, 3.8) is 0 Å². The van der Waals surface area contributed by atoms with Gasteiger partial charge in [0.15, 0.2) is 5.82 Å². The Morgan fingerprint density at radius 3 is 2.82 bits per heavy atom. The number of aromatic hydroxyl groups is 1. The highest BCUT2D eigenvalue weighted by Crippen LogP contribution is 2.42. The van der Waals surface area contributed by atoms with E-state index in [2.05, 4.69) is 19.9 Å². The van der Waals surface area contributed by atoms with E-state index in [4.69, 9.17) is 4.74 Å². The van der Waals surface area contributed by atoms with Gasteiger partial charge in [-0.05, 0) is 66.4 Å². The highest BCUT2D eigenvalue weighted by molar-refractivity contribution is 6.02. The lowest BCUT2D eigenvalue weighted by molar-refractivity contribution is 0.0819. The second-order valence-corrected chi connectivity index (χ2v) is 11.7. The predicted octanol–water partition coefficient (Wildman–Crippen LogP) is 5.45. The maximum absolute atomic E-state index is 16.7. The summed E-state index contributed by atoms with van der Waals surface area (Å²) in [4.78, 5) is 27.7. The number of carbonyl (C=O) groups excluding carboxylic acids is 1. The maximum atomic E-state index is 16.7. The van der Waals surface area contributed by atoms with Crippen molar-refractivity contribution in [1.82, 2.24) is 24.4 Å². The summed E-state index contributed by atoms with van der Waals surface area (Å²) in [7, 11) is 0. The molecule has 2 aliphatic heterocycles. The summed E-state index contributed by atoms with van der Waals surface area (Å²) in [5.74, 6) is -2.00. The summed E-state index contributed by atoms with van der Waals surface area (Å²) in [6, 6.07) is 7.11. The van der Waals surface area contributed by atoms with E-state index in [9.17, 15) is 23.8 Å². The van der Waals surface area contributed by atoms with Crippen LogP contribution in [0.1, 0.15) is 36.5 Å². The molecule has 2 fully saturated rings. The number of phenolic OH excluding ortho intramolecular Hbond substituents is 1. The summed E-state index contributed by atoms with van der Waals surface area (Å²) >= 11 is 0. The Bertz CT molecular complexity index is 1980. The van der Waals surface area contributed by atoms with Crippen LogP contribution < -0.4 is 4.74 Å². The molecule has 45 heavy (non-hydrogen) atoms. The molecule has 5 heterocycles. The number of hydrogen-bond acceptors (Lipinski definition) is 8. The lowest BCUT2D eigenvalue weighted by atomic mass is 9.94. The first kappa shape index (κ1) is 29.2. The first-order valence-corrected chi connectivity index (χ1v) is 14.9. The summed E-state index contributed by atoms with van der Waals surface area (Å²) in [6.45, 7) is 2.29. The maximum Gasteiger partial charge on any atom is 0.317 e. The van der Waals surface area contributed by atoms with Crippen LogP contribution in [0.15, 0.2) is 48.9 Å². The molecule has 2 aromatic carbocycles. The van der Waals surface area contributed by atoms with Gasteiger partial charge in [-0.1, -0.05) is 13.0 Å². The molecule has 2 N–H and O–H groups in total. The van der Waals surface area contributed by atoms with Crippen LogP contribution in [0.2, 0.25) is 0 Å². The first-order valence-electron chi connectivity index (χ1n) is 14.9. The number of pyridine rings is 1. The van der Waals surface area contributed by atoms with E-state index in [-0.39, 0.29) is 46.2 Å². The van der Waals surface area contributed by atoms with Gasteiger partial charge in [-0.25, -0.2) is 13.2 Å². The van der Waals surface area contributed by atoms with E-state index in [1.54, 1.807) is 13.0 Å². The predicted molar refractivity (Wildman–Crippen MR) is 161 cm³/mol. The lowest BCUT2D eigenvalue weighted by Crippen LogP contribution is -2.43. The number of alkyl halides is 1. The van der Waals surface area contributed by atoms with E-state index in [1.165, 1.54) is 47.4 Å². The van der Waals surface area contributed by atoms with Gasteiger partial charge in [0, 0.05) is 48.1 Å². The monoisotopic (exact) mass is 617 g/mol. The summed E-state index contributed by atoms with van der Waals surface area (Å²) < 4.78 is 53.3. The third-order valence-electron chi connectivity index (χ3n) is 9.05. The third kappa shape index (κ3) is 4.88. The van der Waals surface area contributed by atoms with Crippen molar-refractivity contribution in [2.24, 2.45) is 0 Å². The van der Waals surface area contributed by atoms with Crippen LogP contribution in [-0.4, -0.2) is 78.6 Å². The fourth-order valence-corrected chi connectivity index (χ4v) is 6.96. The standard InChI is InChI=1S/C33H30F3N5O4/c1-2-22-25(35)5-4-18-10-21(43)11-23(27(18)22)30-28(36)31-24(13-37-30)29(19-6-9-40(14-19)26(44)16-42)38-32(39-31)45-17-33-7-3-8-41(33)15-20(34)12-33/h4-6,9-11,13-14,20,42-43H,2-3,7-8,12,15-17H2,1H3/t20-,33+/m1/s1. The zero-order chi connectivity index (χ0) is 31.5. The number of phenols is 1. The molecule has 2 atom stereocenters. The van der Waals surface area contributed by atoms with Crippen molar-refractivity contribution in [1.29, 1.82) is 0 Å². The number of benzene rings is 2. The number of aliphatic hydroxyl groups is 1. The zero-order valence-electron chi connectivity index (χ0n) is 24.4. The smallest absolute Gasteiger partial charge is 0.317 e. The highest BCUT2D eigenvalue weighted by Gasteiger charge is 2.49. The molecule has 2 aliphatic rings. The largest absolute Gasteiger partial charge is 0.508 e. The van der Waals surface area contributed by atoms with Crippen molar-refractivity contribution in [2.45, 2.75) is 44.3 Å². The van der Waals surface area contributed by atoms with Crippen LogP contribution in [0, 0.1) is 11.6 Å². The molecule has 2 saturated heterocycles. The van der Waals surface area contributed by atoms with Crippen LogP contribution in [0.25, 0.3) is 44.2 Å². The Balaban J connectivity index is 1.40. The van der Waals surface area contributed by atoms with Gasteiger partial charge in [0.25, 0.3) is 5.91 Å². The molecule has 0 amide bonds. The molecule has 9 nitrogen and oxygen atoms in total. The van der Waals surface area contributed by atoms with Gasteiger partial charge in [-0.3, -0.25) is 19.2 Å². The third-order valence-corrected chi connectivity index (χ3v) is 9.05. The van der Waals surface area contributed by atoms with Crippen LogP contribution in [0.3, 0.4) is 0 Å². The number of ether oxygens (including phenoxy) is 1. The Labute approximate surface area is 255 Å². The quantitative estimate of drug-likeness (QED) is 0.248. The summed E-state index contributed by atoms with van der Waals surface area (Å²) in [5.41, 5.74) is 0.419. The van der Waals surface area contributed by atoms with Crippen LogP contribution >= 0.6 is 0 Å². The molecule has 0 spiro atoms. The van der Waals surface area contributed by atoms with E-state index < -0.39 is 35.9 Å². The van der Waals surface area contributed by atoms with Crippen molar-refractivity contribution >= 4 is 27.6 Å². The topological polar surface area (TPSA) is 114 Å². The summed E-state index contributed by atoms with van der Waals surface area (Å²) in [5, 5.41) is 21.0. The molecule has 3 aromatic heterocycles. The number of carbonyl (C=O) groups is 1. The molecule has 0 aliphatic carbocycles. The second-order valence-electron chi connectivity index (χ2n) is 11.7. The number of nitrogens with zero attached hydrogens (tertiary/aromatic N) is 5. The van der Waals surface area contributed by atoms with E-state index in [1.807, 2.05) is 0 Å². The van der Waals surface area contributed by atoms with Crippen molar-refractivity contribution in [2.75, 3.05) is 26.3 Å². The average molecular weight is 618 g/mol. The van der Waals surface area contributed by atoms with E-state index in [0.29, 0.717) is 41.3 Å². The number of aliphatic hydroxyl groups excluding tert-OH is 1. The van der Waals surface area contributed by atoms with Gasteiger partial charge in [0.1, 0.15) is 42.2 Å². The van der Waals surface area contributed by atoms with E-state index >= 15 is 4.39 Å². The molecular formula is C33H30F3N5O4. The fourth-order valence-electron chi connectivity index (χ4n) is 6.96. The molecule has 7 rings (SSSR count). The number of hydrogen-bond donors (Lipinski definition) is 2. The molecular weight excluding hydrogens is 587 g/mol. The minimum Gasteiger partial charge on any atom is -0.508 e. The highest BCUT2D eigenvalue weighted by atomic mass is 19.1.